The number of hydrogen-bond acceptors (Lipinski definition) is 5. The minimum absolute atomic E-state index is 0.353. The molecule has 7 heteroatoms. The molecule has 2 amide bonds. The second-order valence-electron chi connectivity index (χ2n) is 5.19. The number of carbonyl (C=O) groups is 1. The molecule has 0 saturated heterocycles. The summed E-state index contributed by atoms with van der Waals surface area (Å²) >= 11 is 0. The highest BCUT2D eigenvalue weighted by Gasteiger charge is 2.08. The van der Waals surface area contributed by atoms with Crippen molar-refractivity contribution in [3.8, 4) is 11.4 Å². The molecule has 0 aliphatic carbocycles. The van der Waals surface area contributed by atoms with Crippen molar-refractivity contribution in [1.29, 1.82) is 0 Å². The van der Waals surface area contributed by atoms with E-state index in [4.69, 9.17) is 4.52 Å². The third kappa shape index (κ3) is 3.75. The van der Waals surface area contributed by atoms with Gasteiger partial charge in [0, 0.05) is 23.4 Å². The van der Waals surface area contributed by atoms with E-state index in [0.29, 0.717) is 29.6 Å². The molecule has 0 fully saturated rings. The van der Waals surface area contributed by atoms with E-state index >= 15 is 0 Å². The van der Waals surface area contributed by atoms with Gasteiger partial charge in [-0.1, -0.05) is 18.1 Å². The number of rotatable bonds is 4. The van der Waals surface area contributed by atoms with Crippen LogP contribution in [0, 0.1) is 6.92 Å². The summed E-state index contributed by atoms with van der Waals surface area (Å²) < 4.78 is 5.09. The maximum Gasteiger partial charge on any atom is 0.324 e. The molecule has 0 bridgehead atoms. The topological polar surface area (TPSA) is 92.9 Å². The highest BCUT2D eigenvalue weighted by Crippen LogP contribution is 2.19. The molecule has 0 unspecified atom stereocenters. The molecule has 122 valence electrons. The molecular weight excluding hydrogens is 306 g/mol. The molecule has 7 nitrogen and oxygen atoms in total. The van der Waals surface area contributed by atoms with Crippen LogP contribution in [0.1, 0.15) is 18.5 Å². The molecule has 0 atom stereocenters. The van der Waals surface area contributed by atoms with E-state index in [1.54, 1.807) is 18.2 Å². The fourth-order valence-electron chi connectivity index (χ4n) is 2.11. The van der Waals surface area contributed by atoms with Crippen molar-refractivity contribution in [1.82, 2.24) is 15.1 Å². The van der Waals surface area contributed by atoms with Crippen molar-refractivity contribution in [2.75, 3.05) is 10.6 Å². The van der Waals surface area contributed by atoms with Gasteiger partial charge < -0.3 is 9.84 Å². The van der Waals surface area contributed by atoms with Crippen LogP contribution in [-0.2, 0) is 6.42 Å². The summed E-state index contributed by atoms with van der Waals surface area (Å²) in [4.78, 5) is 20.5. The van der Waals surface area contributed by atoms with Gasteiger partial charge in [0.1, 0.15) is 5.82 Å². The van der Waals surface area contributed by atoms with Crippen LogP contribution in [0.5, 0.6) is 0 Å². The summed E-state index contributed by atoms with van der Waals surface area (Å²) in [5.74, 6) is 1.63. The van der Waals surface area contributed by atoms with Gasteiger partial charge in [-0.2, -0.15) is 4.98 Å². The highest BCUT2D eigenvalue weighted by molar-refractivity contribution is 5.99. The van der Waals surface area contributed by atoms with E-state index in [1.807, 2.05) is 38.1 Å². The lowest BCUT2D eigenvalue weighted by Crippen LogP contribution is -2.20. The third-order valence-corrected chi connectivity index (χ3v) is 3.30. The number of aryl methyl sites for hydroxylation is 2. The zero-order chi connectivity index (χ0) is 16.9. The molecule has 0 radical (unpaired) electrons. The Morgan fingerprint density at radius 1 is 1.08 bits per heavy atom. The Bertz CT molecular complexity index is 842. The highest BCUT2D eigenvalue weighted by atomic mass is 16.5. The number of urea groups is 1. The van der Waals surface area contributed by atoms with E-state index in [-0.39, 0.29) is 6.03 Å². The maximum atomic E-state index is 12.0. The van der Waals surface area contributed by atoms with Crippen LogP contribution in [-0.4, -0.2) is 21.2 Å². The van der Waals surface area contributed by atoms with Crippen molar-refractivity contribution in [2.24, 2.45) is 0 Å². The number of pyridine rings is 1. The summed E-state index contributed by atoms with van der Waals surface area (Å²) in [6.07, 6.45) is 0.694. The van der Waals surface area contributed by atoms with Crippen molar-refractivity contribution < 1.29 is 9.32 Å². The van der Waals surface area contributed by atoms with Gasteiger partial charge in [-0.25, -0.2) is 9.78 Å². The fourth-order valence-corrected chi connectivity index (χ4v) is 2.11. The van der Waals surface area contributed by atoms with E-state index in [0.717, 1.165) is 11.3 Å². The second kappa shape index (κ2) is 6.91. The van der Waals surface area contributed by atoms with Gasteiger partial charge in [0.05, 0.1) is 0 Å². The van der Waals surface area contributed by atoms with Crippen LogP contribution in [0.2, 0.25) is 0 Å². The molecule has 0 aliphatic rings. The van der Waals surface area contributed by atoms with Crippen molar-refractivity contribution in [2.45, 2.75) is 20.3 Å². The van der Waals surface area contributed by atoms with Crippen molar-refractivity contribution in [3.63, 3.8) is 0 Å². The van der Waals surface area contributed by atoms with Crippen LogP contribution in [0.4, 0.5) is 16.3 Å². The molecular formula is C17H17N5O2. The monoisotopic (exact) mass is 323 g/mol. The molecule has 3 rings (SSSR count). The minimum atomic E-state index is -0.353. The number of aromatic nitrogens is 3. The Labute approximate surface area is 139 Å². The number of anilines is 2. The Balaban J connectivity index is 1.64. The fraction of sp³-hybridized carbons (Fsp3) is 0.176. The first-order valence-corrected chi connectivity index (χ1v) is 7.58. The first-order valence-electron chi connectivity index (χ1n) is 7.58. The normalized spacial score (nSPS) is 10.4. The zero-order valence-corrected chi connectivity index (χ0v) is 13.4. The number of benzene rings is 1. The van der Waals surface area contributed by atoms with E-state index < -0.39 is 0 Å². The van der Waals surface area contributed by atoms with Crippen LogP contribution in [0.25, 0.3) is 11.4 Å². The van der Waals surface area contributed by atoms with Gasteiger partial charge in [-0.05, 0) is 43.3 Å². The van der Waals surface area contributed by atoms with Crippen molar-refractivity contribution in [3.05, 3.63) is 54.0 Å². The van der Waals surface area contributed by atoms with Gasteiger partial charge in [-0.15, -0.1) is 0 Å². The first kappa shape index (κ1) is 15.7. The molecule has 2 N–H and O–H groups in total. The summed E-state index contributed by atoms with van der Waals surface area (Å²) in [7, 11) is 0. The van der Waals surface area contributed by atoms with E-state index in [1.165, 1.54) is 0 Å². The molecule has 3 aromatic rings. The lowest BCUT2D eigenvalue weighted by Gasteiger charge is -2.07. The van der Waals surface area contributed by atoms with Gasteiger partial charge in [0.2, 0.25) is 11.7 Å². The number of hydrogen-bond donors (Lipinski definition) is 2. The standard InChI is InChI=1S/C17H17N5O2/c1-3-15-21-16(22-24-15)12-7-9-13(10-8-12)19-17(23)20-14-6-4-5-11(2)18-14/h4-10H,3H2,1-2H3,(H2,18,19,20,23). The molecule has 1 aromatic carbocycles. The average Bonchev–Trinajstić information content (AvgIpc) is 3.04. The number of nitrogens with one attached hydrogen (secondary N) is 2. The predicted molar refractivity (Wildman–Crippen MR) is 90.7 cm³/mol. The Morgan fingerprint density at radius 2 is 1.88 bits per heavy atom. The van der Waals surface area contributed by atoms with Crippen LogP contribution >= 0.6 is 0 Å². The lowest BCUT2D eigenvalue weighted by atomic mass is 10.2. The van der Waals surface area contributed by atoms with E-state index in [2.05, 4.69) is 25.8 Å². The van der Waals surface area contributed by atoms with Gasteiger partial charge in [0.15, 0.2) is 0 Å². The average molecular weight is 323 g/mol. The number of amides is 2. The molecule has 2 heterocycles. The van der Waals surface area contributed by atoms with Crippen LogP contribution in [0.3, 0.4) is 0 Å². The van der Waals surface area contributed by atoms with Crippen LogP contribution in [0.15, 0.2) is 47.0 Å². The summed E-state index contributed by atoms with van der Waals surface area (Å²) in [6, 6.07) is 12.3. The van der Waals surface area contributed by atoms with E-state index in [9.17, 15) is 4.79 Å². The third-order valence-electron chi connectivity index (χ3n) is 3.30. The molecule has 2 aromatic heterocycles. The second-order valence-corrected chi connectivity index (χ2v) is 5.19. The SMILES string of the molecule is CCc1nc(-c2ccc(NC(=O)Nc3cccc(C)n3)cc2)no1. The van der Waals surface area contributed by atoms with Gasteiger partial charge in [-0.3, -0.25) is 5.32 Å². The first-order chi connectivity index (χ1) is 11.6. The zero-order valence-electron chi connectivity index (χ0n) is 13.4. The smallest absolute Gasteiger partial charge is 0.324 e. The molecule has 24 heavy (non-hydrogen) atoms. The van der Waals surface area contributed by atoms with Crippen LogP contribution < -0.4 is 10.6 Å². The Kier molecular flexibility index (Phi) is 4.51. The predicted octanol–water partition coefficient (Wildman–Crippen LogP) is 3.65. The molecule has 0 saturated carbocycles. The molecule has 0 spiro atoms. The van der Waals surface area contributed by atoms with Gasteiger partial charge in [0.25, 0.3) is 0 Å². The largest absolute Gasteiger partial charge is 0.339 e. The summed E-state index contributed by atoms with van der Waals surface area (Å²) in [5.41, 5.74) is 2.32. The quantitative estimate of drug-likeness (QED) is 0.764. The maximum absolute atomic E-state index is 12.0. The summed E-state index contributed by atoms with van der Waals surface area (Å²) in [5, 5.41) is 9.36. The lowest BCUT2D eigenvalue weighted by molar-refractivity contribution is 0.262. The Hall–Kier alpha value is -3.22. The van der Waals surface area contributed by atoms with Gasteiger partial charge >= 0.3 is 6.03 Å². The summed E-state index contributed by atoms with van der Waals surface area (Å²) in [6.45, 7) is 3.82. The molecule has 0 aliphatic heterocycles. The van der Waals surface area contributed by atoms with Crippen molar-refractivity contribution >= 4 is 17.5 Å². The Morgan fingerprint density at radius 3 is 2.54 bits per heavy atom. The number of carbonyl (C=O) groups excluding carboxylic acids is 1. The number of nitrogens with zero attached hydrogens (tertiary/aromatic N) is 3. The minimum Gasteiger partial charge on any atom is -0.339 e.